The van der Waals surface area contributed by atoms with Crippen LogP contribution in [0.2, 0.25) is 0 Å². The molecule has 2 rings (SSSR count). The first-order chi connectivity index (χ1) is 5.77. The van der Waals surface area contributed by atoms with E-state index >= 15 is 0 Å². The molecule has 0 aromatic carbocycles. The van der Waals surface area contributed by atoms with Crippen molar-refractivity contribution in [1.82, 2.24) is 4.90 Å². The quantitative estimate of drug-likeness (QED) is 0.573. The second-order valence-electron chi connectivity index (χ2n) is 2.59. The molecule has 0 N–H and O–H groups in total. The zero-order valence-corrected chi connectivity index (χ0v) is 7.13. The third-order valence-electron chi connectivity index (χ3n) is 1.77. The van der Waals surface area contributed by atoms with Crippen molar-refractivity contribution in [3.8, 4) is 0 Å². The van der Waals surface area contributed by atoms with Gasteiger partial charge >= 0.3 is 0 Å². The summed E-state index contributed by atoms with van der Waals surface area (Å²) in [4.78, 5) is 16.4. The maximum atomic E-state index is 10.3. The number of hydrogen-bond acceptors (Lipinski definition) is 5. The van der Waals surface area contributed by atoms with Gasteiger partial charge in [-0.3, -0.25) is 4.99 Å². The Kier molecular flexibility index (Phi) is 1.80. The van der Waals surface area contributed by atoms with Crippen molar-refractivity contribution in [3.63, 3.8) is 0 Å². The van der Waals surface area contributed by atoms with Gasteiger partial charge in [-0.15, -0.1) is 0 Å². The second-order valence-corrected chi connectivity index (χ2v) is 3.43. The molecule has 0 amide bonds. The van der Waals surface area contributed by atoms with Crippen LogP contribution >= 0.6 is 11.8 Å². The van der Waals surface area contributed by atoms with E-state index in [4.69, 9.17) is 0 Å². The minimum absolute atomic E-state index is 0.00792. The third kappa shape index (κ3) is 1.20. The van der Waals surface area contributed by atoms with E-state index in [-0.39, 0.29) is 6.42 Å². The van der Waals surface area contributed by atoms with Gasteiger partial charge in [0.1, 0.15) is 0 Å². The minimum atomic E-state index is -1.03. The Morgan fingerprint density at radius 2 is 2.67 bits per heavy atom. The molecule has 0 aliphatic carbocycles. The largest absolute Gasteiger partial charge is 0.550 e. The zero-order valence-electron chi connectivity index (χ0n) is 6.32. The number of nitrogens with zero attached hydrogens (tertiary/aromatic N) is 2. The molecule has 0 aromatic rings. The van der Waals surface area contributed by atoms with E-state index in [1.165, 1.54) is 11.8 Å². The van der Waals surface area contributed by atoms with E-state index < -0.39 is 5.97 Å². The smallest absolute Gasteiger partial charge is 0.167 e. The van der Waals surface area contributed by atoms with Gasteiger partial charge in [0.25, 0.3) is 0 Å². The van der Waals surface area contributed by atoms with E-state index in [2.05, 4.69) is 4.99 Å². The molecule has 0 fully saturated rings. The summed E-state index contributed by atoms with van der Waals surface area (Å²) in [5.74, 6) is -1.03. The average Bonchev–Trinajstić information content (AvgIpc) is 2.52. The molecule has 0 saturated carbocycles. The van der Waals surface area contributed by atoms with Gasteiger partial charge in [-0.2, -0.15) is 0 Å². The predicted molar refractivity (Wildman–Crippen MR) is 44.3 cm³/mol. The molecule has 0 atom stereocenters. The van der Waals surface area contributed by atoms with Crippen LogP contribution < -0.4 is 5.11 Å². The van der Waals surface area contributed by atoms with Gasteiger partial charge in [-0.05, 0) is 5.41 Å². The molecule has 0 aromatic heterocycles. The molecule has 2 aliphatic rings. The summed E-state index contributed by atoms with van der Waals surface area (Å²) in [6, 6.07) is 0. The summed E-state index contributed by atoms with van der Waals surface area (Å²) in [6.07, 6.45) is -0.00792. The van der Waals surface area contributed by atoms with Gasteiger partial charge in [-0.1, -0.05) is 11.8 Å². The Balaban J connectivity index is 2.09. The fraction of sp³-hybridized carbons (Fsp3) is 0.429. The van der Waals surface area contributed by atoms with Crippen LogP contribution in [0.3, 0.4) is 0 Å². The second kappa shape index (κ2) is 2.82. The fourth-order valence-corrected chi connectivity index (χ4v) is 2.22. The fourth-order valence-electron chi connectivity index (χ4n) is 1.26. The molecule has 5 heteroatoms. The predicted octanol–water partition coefficient (Wildman–Crippen LogP) is -0.614. The van der Waals surface area contributed by atoms with Crippen LogP contribution in [0.5, 0.6) is 0 Å². The molecule has 0 spiro atoms. The average molecular weight is 183 g/mol. The van der Waals surface area contributed by atoms with Crippen LogP contribution in [0.4, 0.5) is 0 Å². The molecule has 2 aliphatic heterocycles. The summed E-state index contributed by atoms with van der Waals surface area (Å²) >= 11 is 1.49. The van der Waals surface area contributed by atoms with E-state index in [9.17, 15) is 9.90 Å². The number of fused-ring (bicyclic) bond motifs is 1. The van der Waals surface area contributed by atoms with Gasteiger partial charge < -0.3 is 14.8 Å². The first-order valence-corrected chi connectivity index (χ1v) is 4.53. The number of thioether (sulfide) groups is 1. The number of aliphatic carboxylic acids is 1. The van der Waals surface area contributed by atoms with E-state index in [1.807, 2.05) is 10.3 Å². The maximum Gasteiger partial charge on any atom is 0.167 e. The summed E-state index contributed by atoms with van der Waals surface area (Å²) < 4.78 is 0. The first-order valence-electron chi connectivity index (χ1n) is 3.65. The molecule has 4 nitrogen and oxygen atoms in total. The lowest BCUT2D eigenvalue weighted by Gasteiger charge is -2.16. The van der Waals surface area contributed by atoms with Crippen molar-refractivity contribution in [2.24, 2.45) is 4.99 Å². The molecule has 0 saturated heterocycles. The van der Waals surface area contributed by atoms with E-state index in [1.54, 1.807) is 0 Å². The normalized spacial score (nSPS) is 20.5. The highest BCUT2D eigenvalue weighted by Gasteiger charge is 2.25. The van der Waals surface area contributed by atoms with Crippen molar-refractivity contribution in [2.75, 3.05) is 13.1 Å². The lowest BCUT2D eigenvalue weighted by Crippen LogP contribution is -2.28. The lowest BCUT2D eigenvalue weighted by atomic mass is 10.3. The van der Waals surface area contributed by atoms with E-state index in [0.29, 0.717) is 0 Å². The minimum Gasteiger partial charge on any atom is -0.550 e. The van der Waals surface area contributed by atoms with Crippen molar-refractivity contribution in [3.05, 3.63) is 11.1 Å². The summed E-state index contributed by atoms with van der Waals surface area (Å²) in [6.45, 7) is 1.58. The zero-order chi connectivity index (χ0) is 8.55. The Morgan fingerprint density at radius 1 is 1.83 bits per heavy atom. The monoisotopic (exact) mass is 183 g/mol. The Hall–Kier alpha value is -0.970. The molecule has 0 bridgehead atoms. The molecule has 0 unspecified atom stereocenters. The SMILES string of the molecule is O=C([O-])CC1=CSC2=NCCN12. The van der Waals surface area contributed by atoms with Crippen LogP contribution in [0.15, 0.2) is 16.1 Å². The number of carbonyl (C=O) groups is 1. The Morgan fingerprint density at radius 3 is 3.42 bits per heavy atom. The summed E-state index contributed by atoms with van der Waals surface area (Å²) in [7, 11) is 0. The van der Waals surface area contributed by atoms with Crippen molar-refractivity contribution in [1.29, 1.82) is 0 Å². The third-order valence-corrected chi connectivity index (χ3v) is 2.72. The topological polar surface area (TPSA) is 55.7 Å². The first kappa shape index (κ1) is 7.67. The van der Waals surface area contributed by atoms with Crippen LogP contribution in [0.25, 0.3) is 0 Å². The Bertz CT molecular complexity index is 285. The molecular weight excluding hydrogens is 176 g/mol. The van der Waals surface area contributed by atoms with E-state index in [0.717, 1.165) is 24.0 Å². The summed E-state index contributed by atoms with van der Waals surface area (Å²) in [5, 5.41) is 13.1. The number of rotatable bonds is 2. The van der Waals surface area contributed by atoms with Gasteiger partial charge in [0.2, 0.25) is 0 Å². The maximum absolute atomic E-state index is 10.3. The molecule has 0 radical (unpaired) electrons. The number of hydrogen-bond donors (Lipinski definition) is 0. The molecule has 64 valence electrons. The summed E-state index contributed by atoms with van der Waals surface area (Å²) in [5.41, 5.74) is 0.802. The van der Waals surface area contributed by atoms with Gasteiger partial charge in [0, 0.05) is 24.6 Å². The lowest BCUT2D eigenvalue weighted by molar-refractivity contribution is -0.304. The molecule has 2 heterocycles. The van der Waals surface area contributed by atoms with Gasteiger partial charge in [0.15, 0.2) is 5.17 Å². The molecule has 12 heavy (non-hydrogen) atoms. The highest BCUT2D eigenvalue weighted by molar-refractivity contribution is 8.16. The standard InChI is InChI=1S/C7H8N2O2S/c10-6(11)3-5-4-12-7-8-1-2-9(5)7/h4H,1-3H2,(H,10,11)/p-1. The Labute approximate surface area is 74.0 Å². The number of carboxylic acid groups (broad SMARTS) is 1. The molecular formula is C7H7N2O2S-. The van der Waals surface area contributed by atoms with Gasteiger partial charge in [0.05, 0.1) is 6.54 Å². The highest BCUT2D eigenvalue weighted by atomic mass is 32.2. The number of carboxylic acids is 1. The van der Waals surface area contributed by atoms with Crippen LogP contribution in [-0.4, -0.2) is 29.1 Å². The van der Waals surface area contributed by atoms with Crippen LogP contribution in [0.1, 0.15) is 6.42 Å². The number of aliphatic imine (C=N–C) groups is 1. The van der Waals surface area contributed by atoms with Crippen molar-refractivity contribution in [2.45, 2.75) is 6.42 Å². The highest BCUT2D eigenvalue weighted by Crippen LogP contribution is 2.30. The van der Waals surface area contributed by atoms with Crippen LogP contribution in [-0.2, 0) is 4.79 Å². The number of amidine groups is 1. The van der Waals surface area contributed by atoms with Crippen molar-refractivity contribution >= 4 is 22.9 Å². The number of carbonyl (C=O) groups excluding carboxylic acids is 1. The van der Waals surface area contributed by atoms with Gasteiger partial charge in [-0.25, -0.2) is 0 Å². The van der Waals surface area contributed by atoms with Crippen molar-refractivity contribution < 1.29 is 9.90 Å². The van der Waals surface area contributed by atoms with Crippen LogP contribution in [0, 0.1) is 0 Å².